The maximum Gasteiger partial charge on any atom is 0.235 e. The van der Waals surface area contributed by atoms with Crippen molar-refractivity contribution in [2.24, 2.45) is 5.73 Å². The number of anilines is 1. The van der Waals surface area contributed by atoms with Crippen LogP contribution in [0, 0.1) is 17.9 Å². The number of benzene rings is 1. The van der Waals surface area contributed by atoms with Crippen molar-refractivity contribution in [2.75, 3.05) is 31.1 Å². The molecule has 3 heterocycles. The van der Waals surface area contributed by atoms with Gasteiger partial charge in [-0.2, -0.15) is 5.26 Å². The van der Waals surface area contributed by atoms with E-state index in [9.17, 15) is 10.1 Å². The Bertz CT molecular complexity index is 1170. The normalized spacial score (nSPS) is 19.8. The molecule has 8 heteroatoms. The topological polar surface area (TPSA) is 90.6 Å². The Kier molecular flexibility index (Phi) is 6.95. The lowest BCUT2D eigenvalue weighted by Gasteiger charge is -2.38. The maximum atomic E-state index is 12.4. The summed E-state index contributed by atoms with van der Waals surface area (Å²) in [4.78, 5) is 26.1. The molecular formula is C27H30N6OS. The van der Waals surface area contributed by atoms with Crippen LogP contribution in [0.2, 0.25) is 0 Å². The molecular weight excluding hydrogens is 456 g/mol. The first-order valence-corrected chi connectivity index (χ1v) is 13.3. The largest absolute Gasteiger partial charge is 0.368 e. The predicted octanol–water partition coefficient (Wildman–Crippen LogP) is 4.76. The van der Waals surface area contributed by atoms with Gasteiger partial charge in [0, 0.05) is 19.1 Å². The number of hydrogen-bond donors (Lipinski definition) is 1. The third-order valence-corrected chi connectivity index (χ3v) is 8.64. The Hall–Kier alpha value is -3.07. The first-order valence-electron chi connectivity index (χ1n) is 12.5. The van der Waals surface area contributed by atoms with E-state index < -0.39 is 11.2 Å². The van der Waals surface area contributed by atoms with Crippen LogP contribution in [-0.4, -0.2) is 48.0 Å². The second-order valence-corrected chi connectivity index (χ2v) is 10.7. The molecule has 2 saturated heterocycles. The van der Waals surface area contributed by atoms with E-state index in [0.29, 0.717) is 28.1 Å². The fraction of sp³-hybridized carbons (Fsp3) is 0.481. The lowest BCUT2D eigenvalue weighted by atomic mass is 10.0. The van der Waals surface area contributed by atoms with E-state index in [0.717, 1.165) is 49.9 Å². The Labute approximate surface area is 211 Å². The summed E-state index contributed by atoms with van der Waals surface area (Å²) in [6.07, 6.45) is 6.61. The molecule has 1 amide bonds. The highest BCUT2D eigenvalue weighted by Crippen LogP contribution is 2.51. The fourth-order valence-electron chi connectivity index (χ4n) is 5.43. The van der Waals surface area contributed by atoms with Crippen LogP contribution in [0.3, 0.4) is 0 Å². The molecule has 3 aliphatic rings. The minimum absolute atomic E-state index is 0.209. The number of amides is 1. The number of nitriles is 1. The van der Waals surface area contributed by atoms with Crippen LogP contribution >= 0.6 is 11.8 Å². The fourth-order valence-corrected chi connectivity index (χ4v) is 6.48. The van der Waals surface area contributed by atoms with E-state index in [2.05, 4.69) is 20.7 Å². The smallest absolute Gasteiger partial charge is 0.235 e. The zero-order valence-electron chi connectivity index (χ0n) is 19.8. The van der Waals surface area contributed by atoms with Gasteiger partial charge < -0.3 is 15.5 Å². The zero-order chi connectivity index (χ0) is 24.4. The van der Waals surface area contributed by atoms with Crippen LogP contribution in [0.5, 0.6) is 0 Å². The summed E-state index contributed by atoms with van der Waals surface area (Å²) >= 11 is 1.23. The van der Waals surface area contributed by atoms with Gasteiger partial charge in [-0.1, -0.05) is 42.1 Å². The molecule has 1 aromatic heterocycles. The summed E-state index contributed by atoms with van der Waals surface area (Å²) in [6, 6.07) is 12.3. The van der Waals surface area contributed by atoms with Crippen molar-refractivity contribution >= 4 is 29.2 Å². The molecule has 1 aromatic carbocycles. The molecule has 3 fully saturated rings. The number of nitrogens with two attached hydrogens (primary N) is 1. The van der Waals surface area contributed by atoms with Crippen LogP contribution in [-0.2, 0) is 4.79 Å². The van der Waals surface area contributed by atoms with Crippen molar-refractivity contribution in [3.05, 3.63) is 58.4 Å². The summed E-state index contributed by atoms with van der Waals surface area (Å²) < 4.78 is 0. The van der Waals surface area contributed by atoms with Gasteiger partial charge in [0.15, 0.2) is 0 Å². The van der Waals surface area contributed by atoms with E-state index in [-0.39, 0.29) is 5.92 Å². The number of piperidine rings is 1. The minimum Gasteiger partial charge on any atom is -0.368 e. The number of carbonyl (C=O) groups excluding carboxylic acids is 1. The Morgan fingerprint density at radius 3 is 2.40 bits per heavy atom. The van der Waals surface area contributed by atoms with E-state index in [1.807, 2.05) is 30.3 Å². The average Bonchev–Trinajstić information content (AvgIpc) is 3.59. The quantitative estimate of drug-likeness (QED) is 0.448. The third kappa shape index (κ3) is 4.87. The van der Waals surface area contributed by atoms with Crippen molar-refractivity contribution < 1.29 is 4.79 Å². The van der Waals surface area contributed by atoms with Gasteiger partial charge in [0.2, 0.25) is 11.6 Å². The minimum atomic E-state index is -0.657. The molecule has 0 radical (unpaired) electrons. The van der Waals surface area contributed by atoms with E-state index in [1.165, 1.54) is 37.7 Å². The molecule has 2 aromatic rings. The molecule has 7 nitrogen and oxygen atoms in total. The Morgan fingerprint density at radius 1 is 1.14 bits per heavy atom. The lowest BCUT2D eigenvalue weighted by molar-refractivity contribution is -0.117. The maximum absolute atomic E-state index is 12.4. The number of aromatic nitrogens is 1. The number of primary amides is 1. The standard InChI is InChI=1S/C27H30N6OS/c1-30-23-22(18-9-10-18)21(17-28)27(35-24(25(29)34)19-7-3-2-4-8-19)31-26(23)33-15-11-20(12-16-33)32-13-5-6-14-32/h2-4,7-8,18,20,24H,5-6,9-16H2,(H2,29,34). The summed E-state index contributed by atoms with van der Waals surface area (Å²) in [5, 5.41) is 9.98. The van der Waals surface area contributed by atoms with Crippen LogP contribution in [0.25, 0.3) is 4.85 Å². The van der Waals surface area contributed by atoms with Gasteiger partial charge in [0.25, 0.3) is 0 Å². The van der Waals surface area contributed by atoms with Gasteiger partial charge in [-0.3, -0.25) is 4.79 Å². The van der Waals surface area contributed by atoms with Gasteiger partial charge in [-0.05, 0) is 68.7 Å². The van der Waals surface area contributed by atoms with Gasteiger partial charge >= 0.3 is 0 Å². The van der Waals surface area contributed by atoms with Gasteiger partial charge in [0.05, 0.1) is 12.1 Å². The highest BCUT2D eigenvalue weighted by atomic mass is 32.2. The van der Waals surface area contributed by atoms with Gasteiger partial charge in [-0.25, -0.2) is 9.83 Å². The summed E-state index contributed by atoms with van der Waals surface area (Å²) in [6.45, 7) is 12.0. The van der Waals surface area contributed by atoms with E-state index in [1.54, 1.807) is 0 Å². The molecule has 35 heavy (non-hydrogen) atoms. The molecule has 2 N–H and O–H groups in total. The highest BCUT2D eigenvalue weighted by Gasteiger charge is 2.36. The average molecular weight is 487 g/mol. The summed E-state index contributed by atoms with van der Waals surface area (Å²) in [7, 11) is 0. The molecule has 5 rings (SSSR count). The van der Waals surface area contributed by atoms with Crippen molar-refractivity contribution in [1.82, 2.24) is 9.88 Å². The van der Waals surface area contributed by atoms with Gasteiger partial charge in [0.1, 0.15) is 22.2 Å². The van der Waals surface area contributed by atoms with Crippen LogP contribution in [0.4, 0.5) is 11.5 Å². The number of rotatable bonds is 7. The molecule has 2 aliphatic heterocycles. The van der Waals surface area contributed by atoms with E-state index >= 15 is 0 Å². The molecule has 1 unspecified atom stereocenters. The first kappa shape index (κ1) is 23.7. The lowest BCUT2D eigenvalue weighted by Crippen LogP contribution is -2.44. The third-order valence-electron chi connectivity index (χ3n) is 7.38. The summed E-state index contributed by atoms with van der Waals surface area (Å²) in [5.41, 5.74) is 8.34. The summed E-state index contributed by atoms with van der Waals surface area (Å²) in [5.74, 6) is 0.405. The molecule has 1 aliphatic carbocycles. The molecule has 0 bridgehead atoms. The zero-order valence-corrected chi connectivity index (χ0v) is 20.6. The number of thioether (sulfide) groups is 1. The Balaban J connectivity index is 1.51. The number of hydrogen-bond acceptors (Lipinski definition) is 6. The second kappa shape index (κ2) is 10.3. The Morgan fingerprint density at radius 2 is 1.83 bits per heavy atom. The monoisotopic (exact) mass is 486 g/mol. The number of carbonyl (C=O) groups is 1. The molecule has 0 spiro atoms. The predicted molar refractivity (Wildman–Crippen MR) is 137 cm³/mol. The second-order valence-electron chi connectivity index (χ2n) is 9.65. The van der Waals surface area contributed by atoms with Crippen LogP contribution in [0.1, 0.15) is 66.4 Å². The molecule has 1 saturated carbocycles. The van der Waals surface area contributed by atoms with Crippen molar-refractivity contribution in [1.29, 1.82) is 5.26 Å². The molecule has 1 atom stereocenters. The number of likely N-dealkylation sites (tertiary alicyclic amines) is 1. The highest BCUT2D eigenvalue weighted by molar-refractivity contribution is 8.00. The first-order chi connectivity index (χ1) is 17.1. The SMILES string of the molecule is [C-]#[N+]c1c(N2CCC(N3CCCC3)CC2)nc(SC(C(N)=O)c2ccccc2)c(C#N)c1C1CC1. The van der Waals surface area contributed by atoms with Crippen molar-refractivity contribution in [2.45, 2.75) is 60.8 Å². The van der Waals surface area contributed by atoms with E-state index in [4.69, 9.17) is 17.3 Å². The number of nitrogens with zero attached hydrogens (tertiary/aromatic N) is 5. The van der Waals surface area contributed by atoms with Crippen LogP contribution < -0.4 is 10.6 Å². The van der Waals surface area contributed by atoms with Crippen molar-refractivity contribution in [3.63, 3.8) is 0 Å². The van der Waals surface area contributed by atoms with Crippen molar-refractivity contribution in [3.8, 4) is 6.07 Å². The van der Waals surface area contributed by atoms with Gasteiger partial charge in [-0.15, -0.1) is 0 Å². The number of pyridine rings is 1. The van der Waals surface area contributed by atoms with Crippen LogP contribution in [0.15, 0.2) is 35.4 Å². The molecule has 180 valence electrons.